The number of nitrogens with two attached hydrogens (primary N) is 1. The molecule has 0 radical (unpaired) electrons. The summed E-state index contributed by atoms with van der Waals surface area (Å²) in [5.74, 6) is 0. The number of aryl methyl sites for hydroxylation is 1. The van der Waals surface area contributed by atoms with Crippen molar-refractivity contribution in [2.75, 3.05) is 18.4 Å². The average molecular weight is 249 g/mol. The van der Waals surface area contributed by atoms with Crippen LogP contribution in [0.2, 0.25) is 0 Å². The quantitative estimate of drug-likeness (QED) is 0.442. The van der Waals surface area contributed by atoms with Crippen LogP contribution in [0.4, 0.5) is 11.4 Å². The molecule has 5 nitrogen and oxygen atoms in total. The molecule has 3 N–H and O–H groups in total. The Bertz CT molecular complexity index is 430. The summed E-state index contributed by atoms with van der Waals surface area (Å²) in [5, 5.41) is 14.0. The van der Waals surface area contributed by atoms with Crippen LogP contribution >= 0.6 is 0 Å². The minimum Gasteiger partial charge on any atom is -0.376 e. The first-order valence-electron chi connectivity index (χ1n) is 6.05. The molecule has 0 unspecified atom stereocenters. The van der Waals surface area contributed by atoms with E-state index in [1.165, 1.54) is 0 Å². The SMILES string of the molecule is CCCc1ccc(NC/C=C/CN)c([N+](=O)[O-])c1. The van der Waals surface area contributed by atoms with Crippen LogP contribution in [0.3, 0.4) is 0 Å². The molecule has 0 fully saturated rings. The van der Waals surface area contributed by atoms with Gasteiger partial charge in [-0.25, -0.2) is 0 Å². The van der Waals surface area contributed by atoms with Crippen molar-refractivity contribution >= 4 is 11.4 Å². The summed E-state index contributed by atoms with van der Waals surface area (Å²) < 4.78 is 0. The van der Waals surface area contributed by atoms with Crippen LogP contribution in [0.5, 0.6) is 0 Å². The Hall–Kier alpha value is -1.88. The second-order valence-electron chi connectivity index (χ2n) is 3.95. The van der Waals surface area contributed by atoms with Gasteiger partial charge in [0.15, 0.2) is 0 Å². The Morgan fingerprint density at radius 1 is 1.44 bits per heavy atom. The van der Waals surface area contributed by atoms with E-state index in [0.29, 0.717) is 18.8 Å². The summed E-state index contributed by atoms with van der Waals surface area (Å²) in [6.45, 7) is 3.06. The summed E-state index contributed by atoms with van der Waals surface area (Å²) in [5.41, 5.74) is 6.98. The van der Waals surface area contributed by atoms with Gasteiger partial charge in [-0.1, -0.05) is 31.6 Å². The first-order valence-corrected chi connectivity index (χ1v) is 6.05. The molecule has 0 saturated heterocycles. The van der Waals surface area contributed by atoms with E-state index in [1.807, 2.05) is 18.2 Å². The molecule has 18 heavy (non-hydrogen) atoms. The number of hydrogen-bond donors (Lipinski definition) is 2. The van der Waals surface area contributed by atoms with E-state index < -0.39 is 0 Å². The van der Waals surface area contributed by atoms with Gasteiger partial charge in [-0.15, -0.1) is 0 Å². The monoisotopic (exact) mass is 249 g/mol. The molecule has 0 aromatic heterocycles. The Morgan fingerprint density at radius 2 is 2.22 bits per heavy atom. The van der Waals surface area contributed by atoms with Gasteiger partial charge in [0.2, 0.25) is 0 Å². The van der Waals surface area contributed by atoms with E-state index in [9.17, 15) is 10.1 Å². The summed E-state index contributed by atoms with van der Waals surface area (Å²) in [4.78, 5) is 10.6. The van der Waals surface area contributed by atoms with Gasteiger partial charge >= 0.3 is 0 Å². The Kier molecular flexibility index (Phi) is 5.87. The highest BCUT2D eigenvalue weighted by molar-refractivity contribution is 5.62. The number of nitrogens with one attached hydrogen (secondary N) is 1. The number of nitrogens with zero attached hydrogens (tertiary/aromatic N) is 1. The van der Waals surface area contributed by atoms with Crippen LogP contribution in [0, 0.1) is 10.1 Å². The standard InChI is InChI=1S/C13H19N3O2/c1-2-5-11-6-7-12(13(10-11)16(17)18)15-9-4-3-8-14/h3-4,6-7,10,15H,2,5,8-9,14H2,1H3/b4-3+. The first-order chi connectivity index (χ1) is 8.69. The molecule has 0 aliphatic rings. The molecule has 1 aromatic rings. The molecule has 0 saturated carbocycles. The van der Waals surface area contributed by atoms with Crippen LogP contribution in [0.1, 0.15) is 18.9 Å². The zero-order valence-corrected chi connectivity index (χ0v) is 10.6. The molecule has 0 bridgehead atoms. The first kappa shape index (κ1) is 14.2. The van der Waals surface area contributed by atoms with Crippen molar-refractivity contribution in [2.24, 2.45) is 5.73 Å². The maximum Gasteiger partial charge on any atom is 0.292 e. The molecule has 5 heteroatoms. The number of anilines is 1. The number of nitro groups is 1. The van der Waals surface area contributed by atoms with Crippen LogP contribution < -0.4 is 11.1 Å². The number of rotatable bonds is 7. The zero-order chi connectivity index (χ0) is 13.4. The van der Waals surface area contributed by atoms with E-state index in [4.69, 9.17) is 5.73 Å². The average Bonchev–Trinajstić information content (AvgIpc) is 2.36. The molecule has 1 rings (SSSR count). The fourth-order valence-corrected chi connectivity index (χ4v) is 1.67. The molecule has 98 valence electrons. The lowest BCUT2D eigenvalue weighted by Gasteiger charge is -2.06. The maximum atomic E-state index is 11.0. The minimum absolute atomic E-state index is 0.127. The summed E-state index contributed by atoms with van der Waals surface area (Å²) in [7, 11) is 0. The normalized spacial score (nSPS) is 10.8. The van der Waals surface area contributed by atoms with Crippen LogP contribution in [-0.2, 0) is 6.42 Å². The molecule has 0 amide bonds. The van der Waals surface area contributed by atoms with Gasteiger partial charge in [0.1, 0.15) is 5.69 Å². The van der Waals surface area contributed by atoms with Crippen molar-refractivity contribution in [1.29, 1.82) is 0 Å². The van der Waals surface area contributed by atoms with Gasteiger partial charge in [-0.05, 0) is 18.1 Å². The Morgan fingerprint density at radius 3 is 2.83 bits per heavy atom. The largest absolute Gasteiger partial charge is 0.376 e. The van der Waals surface area contributed by atoms with Gasteiger partial charge in [0.25, 0.3) is 5.69 Å². The molecule has 1 aromatic carbocycles. The van der Waals surface area contributed by atoms with Gasteiger partial charge in [0.05, 0.1) is 4.92 Å². The van der Waals surface area contributed by atoms with Crippen LogP contribution in [-0.4, -0.2) is 18.0 Å². The van der Waals surface area contributed by atoms with E-state index in [0.717, 1.165) is 18.4 Å². The molecular formula is C13H19N3O2. The second-order valence-corrected chi connectivity index (χ2v) is 3.95. The third-order valence-electron chi connectivity index (χ3n) is 2.51. The smallest absolute Gasteiger partial charge is 0.292 e. The maximum absolute atomic E-state index is 11.0. The van der Waals surface area contributed by atoms with Crippen LogP contribution in [0.25, 0.3) is 0 Å². The molecule has 0 spiro atoms. The highest BCUT2D eigenvalue weighted by Gasteiger charge is 2.13. The van der Waals surface area contributed by atoms with Crippen molar-refractivity contribution in [3.05, 3.63) is 46.0 Å². The predicted molar refractivity (Wildman–Crippen MR) is 73.8 cm³/mol. The third-order valence-corrected chi connectivity index (χ3v) is 2.51. The van der Waals surface area contributed by atoms with Gasteiger partial charge < -0.3 is 11.1 Å². The predicted octanol–water partition coefficient (Wildman–Crippen LogP) is 2.47. The minimum atomic E-state index is -0.353. The summed E-state index contributed by atoms with van der Waals surface area (Å²) >= 11 is 0. The molecule has 0 heterocycles. The zero-order valence-electron chi connectivity index (χ0n) is 10.6. The lowest BCUT2D eigenvalue weighted by molar-refractivity contribution is -0.384. The van der Waals surface area contributed by atoms with Gasteiger partial charge in [0, 0.05) is 19.2 Å². The second kappa shape index (κ2) is 7.45. The van der Waals surface area contributed by atoms with Crippen molar-refractivity contribution in [3.8, 4) is 0 Å². The van der Waals surface area contributed by atoms with E-state index in [1.54, 1.807) is 12.1 Å². The highest BCUT2D eigenvalue weighted by atomic mass is 16.6. The topological polar surface area (TPSA) is 81.2 Å². The molecule has 0 atom stereocenters. The lowest BCUT2D eigenvalue weighted by Crippen LogP contribution is -2.03. The Balaban J connectivity index is 2.83. The fourth-order valence-electron chi connectivity index (χ4n) is 1.67. The molecule has 0 aliphatic heterocycles. The molecular weight excluding hydrogens is 230 g/mol. The fraction of sp³-hybridized carbons (Fsp3) is 0.385. The van der Waals surface area contributed by atoms with Crippen LogP contribution in [0.15, 0.2) is 30.4 Å². The highest BCUT2D eigenvalue weighted by Crippen LogP contribution is 2.25. The lowest BCUT2D eigenvalue weighted by atomic mass is 10.1. The van der Waals surface area contributed by atoms with Gasteiger partial charge in [-0.3, -0.25) is 10.1 Å². The third kappa shape index (κ3) is 4.18. The summed E-state index contributed by atoms with van der Waals surface area (Å²) in [6.07, 6.45) is 5.49. The van der Waals surface area contributed by atoms with Crippen molar-refractivity contribution in [1.82, 2.24) is 0 Å². The van der Waals surface area contributed by atoms with E-state index >= 15 is 0 Å². The number of benzene rings is 1. The van der Waals surface area contributed by atoms with E-state index in [-0.39, 0.29) is 10.6 Å². The van der Waals surface area contributed by atoms with Crippen molar-refractivity contribution in [2.45, 2.75) is 19.8 Å². The van der Waals surface area contributed by atoms with Crippen molar-refractivity contribution < 1.29 is 4.92 Å². The number of nitro benzene ring substituents is 1. The number of hydrogen-bond acceptors (Lipinski definition) is 4. The van der Waals surface area contributed by atoms with E-state index in [2.05, 4.69) is 12.2 Å². The van der Waals surface area contributed by atoms with Gasteiger partial charge in [-0.2, -0.15) is 0 Å². The Labute approximate surface area is 107 Å². The summed E-state index contributed by atoms with van der Waals surface area (Å²) in [6, 6.07) is 5.32. The molecule has 0 aliphatic carbocycles. The van der Waals surface area contributed by atoms with Crippen molar-refractivity contribution in [3.63, 3.8) is 0 Å².